The molecule has 2 amide bonds. The summed E-state index contributed by atoms with van der Waals surface area (Å²) in [6.07, 6.45) is 1.80. The van der Waals surface area contributed by atoms with Crippen LogP contribution >= 0.6 is 11.3 Å². The molecule has 1 aromatic heterocycles. The predicted molar refractivity (Wildman–Crippen MR) is 136 cm³/mol. The number of urea groups is 1. The zero-order chi connectivity index (χ0) is 23.2. The molecule has 0 saturated carbocycles. The van der Waals surface area contributed by atoms with Crippen molar-refractivity contribution in [2.45, 2.75) is 26.4 Å². The van der Waals surface area contributed by atoms with Crippen molar-refractivity contribution in [1.29, 1.82) is 0 Å². The Morgan fingerprint density at radius 2 is 1.79 bits per heavy atom. The van der Waals surface area contributed by atoms with Gasteiger partial charge in [0.15, 0.2) is 0 Å². The third kappa shape index (κ3) is 5.41. The lowest BCUT2D eigenvalue weighted by Crippen LogP contribution is -2.43. The molecule has 0 radical (unpaired) electrons. The van der Waals surface area contributed by atoms with Crippen molar-refractivity contribution in [2.24, 2.45) is 0 Å². The molecule has 0 aliphatic rings. The minimum Gasteiger partial charge on any atom is -0.495 e. The van der Waals surface area contributed by atoms with Gasteiger partial charge >= 0.3 is 6.03 Å². The average molecular weight is 458 g/mol. The molecule has 0 atom stereocenters. The van der Waals surface area contributed by atoms with Crippen LogP contribution in [0.5, 0.6) is 5.75 Å². The number of benzene rings is 3. The average Bonchev–Trinajstić information content (AvgIpc) is 3.38. The molecule has 1 N–H and O–H groups in total. The van der Waals surface area contributed by atoms with Crippen LogP contribution in [0, 0.1) is 0 Å². The Bertz CT molecular complexity index is 1210. The molecule has 33 heavy (non-hydrogen) atoms. The summed E-state index contributed by atoms with van der Waals surface area (Å²) in [5, 5.41) is 5.96. The van der Waals surface area contributed by atoms with Gasteiger partial charge < -0.3 is 10.1 Å². The number of hydrogen-bond acceptors (Lipinski definition) is 4. The second-order valence-electron chi connectivity index (χ2n) is 7.98. The van der Waals surface area contributed by atoms with Crippen LogP contribution in [0.1, 0.15) is 19.4 Å². The van der Waals surface area contributed by atoms with E-state index in [0.29, 0.717) is 12.3 Å². The fourth-order valence-corrected chi connectivity index (χ4v) is 4.29. The van der Waals surface area contributed by atoms with Crippen LogP contribution < -0.4 is 15.0 Å². The maximum absolute atomic E-state index is 13.3. The Morgan fingerprint density at radius 3 is 2.48 bits per heavy atom. The van der Waals surface area contributed by atoms with Crippen LogP contribution in [0.25, 0.3) is 21.7 Å². The predicted octanol–water partition coefficient (Wildman–Crippen LogP) is 6.61. The smallest absolute Gasteiger partial charge is 0.322 e. The number of anilines is 1. The van der Waals surface area contributed by atoms with Gasteiger partial charge in [-0.25, -0.2) is 9.78 Å². The van der Waals surface area contributed by atoms with Crippen LogP contribution in [0.15, 0.2) is 84.4 Å². The number of hydrogen-bond donors (Lipinski definition) is 1. The highest BCUT2D eigenvalue weighted by Gasteiger charge is 2.22. The Morgan fingerprint density at radius 1 is 1.00 bits per heavy atom. The van der Waals surface area contributed by atoms with Crippen molar-refractivity contribution in [3.63, 3.8) is 0 Å². The summed E-state index contributed by atoms with van der Waals surface area (Å²) in [5.74, 6) is 0.643. The first-order valence-electron chi connectivity index (χ1n) is 10.9. The van der Waals surface area contributed by atoms with Crippen molar-refractivity contribution >= 4 is 23.1 Å². The Labute approximate surface area is 198 Å². The van der Waals surface area contributed by atoms with Gasteiger partial charge in [-0.2, -0.15) is 0 Å². The van der Waals surface area contributed by atoms with Crippen LogP contribution in [0.2, 0.25) is 0 Å². The van der Waals surface area contributed by atoms with E-state index in [9.17, 15) is 4.79 Å². The van der Waals surface area contributed by atoms with E-state index in [1.807, 2.05) is 73.8 Å². The van der Waals surface area contributed by atoms with E-state index in [1.54, 1.807) is 29.5 Å². The molecule has 0 saturated heterocycles. The number of aromatic nitrogens is 1. The van der Waals surface area contributed by atoms with E-state index >= 15 is 0 Å². The molecule has 4 aromatic rings. The van der Waals surface area contributed by atoms with Crippen molar-refractivity contribution in [3.8, 4) is 27.4 Å². The van der Waals surface area contributed by atoms with Gasteiger partial charge in [0.25, 0.3) is 0 Å². The summed E-state index contributed by atoms with van der Waals surface area (Å²) in [6.45, 7) is 4.31. The molecule has 4 rings (SSSR count). The lowest BCUT2D eigenvalue weighted by molar-refractivity contribution is 0.243. The summed E-state index contributed by atoms with van der Waals surface area (Å²) in [7, 11) is 1.63. The number of nitrogens with one attached hydrogen (secondary N) is 1. The number of rotatable bonds is 7. The first-order valence-corrected chi connectivity index (χ1v) is 11.7. The SMILES string of the molecule is COc1ccc(-c2ccccc2)cc1N(Cc1cccc(-c2nccs2)c1)C(=O)NC(C)C. The van der Waals surface area contributed by atoms with Crippen molar-refractivity contribution in [2.75, 3.05) is 12.0 Å². The quantitative estimate of drug-likeness (QED) is 0.340. The number of nitrogens with zero attached hydrogens (tertiary/aromatic N) is 2. The van der Waals surface area contributed by atoms with Crippen molar-refractivity contribution < 1.29 is 9.53 Å². The van der Waals surface area contributed by atoms with Crippen LogP contribution in [0.3, 0.4) is 0 Å². The largest absolute Gasteiger partial charge is 0.495 e. The molecule has 3 aromatic carbocycles. The van der Waals surface area contributed by atoms with Crippen molar-refractivity contribution in [3.05, 3.63) is 89.9 Å². The summed E-state index contributed by atoms with van der Waals surface area (Å²) >= 11 is 1.60. The molecule has 6 heteroatoms. The second kappa shape index (κ2) is 10.3. The van der Waals surface area contributed by atoms with Crippen LogP contribution in [0.4, 0.5) is 10.5 Å². The minimum atomic E-state index is -0.173. The van der Waals surface area contributed by atoms with Gasteiger partial charge in [-0.3, -0.25) is 4.90 Å². The molecular weight excluding hydrogens is 430 g/mol. The molecule has 0 spiro atoms. The molecular formula is C27H27N3O2S. The lowest BCUT2D eigenvalue weighted by Gasteiger charge is -2.27. The number of thiazole rings is 1. The standard InChI is InChI=1S/C27H27N3O2S/c1-19(2)29-27(31)30(18-20-8-7-11-23(16-20)26-28-14-15-33-26)24-17-22(12-13-25(24)32-3)21-9-5-4-6-10-21/h4-17,19H,18H2,1-3H3,(H,29,31). The van der Waals surface area contributed by atoms with E-state index in [0.717, 1.165) is 32.9 Å². The van der Waals surface area contributed by atoms with E-state index < -0.39 is 0 Å². The highest BCUT2D eigenvalue weighted by Crippen LogP contribution is 2.35. The van der Waals surface area contributed by atoms with Gasteiger partial charge in [-0.15, -0.1) is 11.3 Å². The molecule has 0 unspecified atom stereocenters. The molecule has 168 valence electrons. The zero-order valence-electron chi connectivity index (χ0n) is 19.0. The van der Waals surface area contributed by atoms with E-state index in [-0.39, 0.29) is 12.1 Å². The molecule has 5 nitrogen and oxygen atoms in total. The van der Waals surface area contributed by atoms with E-state index in [2.05, 4.69) is 28.5 Å². The maximum atomic E-state index is 13.3. The Hall–Kier alpha value is -3.64. The monoisotopic (exact) mass is 457 g/mol. The minimum absolute atomic E-state index is 0.00459. The van der Waals surface area contributed by atoms with E-state index in [4.69, 9.17) is 4.74 Å². The highest BCUT2D eigenvalue weighted by atomic mass is 32.1. The van der Waals surface area contributed by atoms with E-state index in [1.165, 1.54) is 0 Å². The van der Waals surface area contributed by atoms with Gasteiger partial charge in [-0.05, 0) is 48.7 Å². The van der Waals surface area contributed by atoms with Gasteiger partial charge in [0.2, 0.25) is 0 Å². The van der Waals surface area contributed by atoms with Gasteiger partial charge in [-0.1, -0.05) is 54.6 Å². The number of ether oxygens (including phenoxy) is 1. The number of methoxy groups -OCH3 is 1. The van der Waals surface area contributed by atoms with Crippen LogP contribution in [-0.4, -0.2) is 24.2 Å². The second-order valence-corrected chi connectivity index (χ2v) is 8.88. The van der Waals surface area contributed by atoms with Crippen molar-refractivity contribution in [1.82, 2.24) is 10.3 Å². The Balaban J connectivity index is 1.75. The number of carbonyl (C=O) groups is 1. The van der Waals surface area contributed by atoms with Crippen LogP contribution in [-0.2, 0) is 6.54 Å². The zero-order valence-corrected chi connectivity index (χ0v) is 19.8. The summed E-state index contributed by atoms with van der Waals surface area (Å²) in [4.78, 5) is 19.5. The molecule has 0 aliphatic carbocycles. The number of carbonyl (C=O) groups excluding carboxylic acids is 1. The summed E-state index contributed by atoms with van der Waals surface area (Å²) < 4.78 is 5.66. The topological polar surface area (TPSA) is 54.5 Å². The van der Waals surface area contributed by atoms with Gasteiger partial charge in [0.1, 0.15) is 10.8 Å². The van der Waals surface area contributed by atoms with Gasteiger partial charge in [0.05, 0.1) is 19.3 Å². The molecule has 0 fully saturated rings. The first-order chi connectivity index (χ1) is 16.0. The fraction of sp³-hybridized carbons (Fsp3) is 0.185. The first kappa shape index (κ1) is 22.6. The highest BCUT2D eigenvalue weighted by molar-refractivity contribution is 7.13. The fourth-order valence-electron chi connectivity index (χ4n) is 3.65. The summed E-state index contributed by atoms with van der Waals surface area (Å²) in [5.41, 5.74) is 4.86. The normalized spacial score (nSPS) is 10.8. The lowest BCUT2D eigenvalue weighted by atomic mass is 10.0. The maximum Gasteiger partial charge on any atom is 0.322 e. The van der Waals surface area contributed by atoms with Gasteiger partial charge in [0, 0.05) is 23.2 Å². The Kier molecular flexibility index (Phi) is 7.05. The molecule has 0 bridgehead atoms. The molecule has 1 heterocycles. The third-order valence-corrected chi connectivity index (χ3v) is 6.00. The number of amides is 2. The third-order valence-electron chi connectivity index (χ3n) is 5.18. The molecule has 0 aliphatic heterocycles. The summed E-state index contributed by atoms with van der Waals surface area (Å²) in [6, 6.07) is 24.0.